The molecule has 0 aliphatic carbocycles. The molecule has 14 heavy (non-hydrogen) atoms. The van der Waals surface area contributed by atoms with Gasteiger partial charge < -0.3 is 4.40 Å². The molecule has 0 aromatic carbocycles. The number of aryl methyl sites for hydroxylation is 2. The number of carbonyl (C=O) groups is 1. The van der Waals surface area contributed by atoms with Crippen LogP contribution in [0.5, 0.6) is 0 Å². The zero-order valence-electron chi connectivity index (χ0n) is 8.53. The molecule has 0 atom stereocenters. The number of pyridine rings is 1. The third kappa shape index (κ3) is 1.21. The zero-order valence-corrected chi connectivity index (χ0v) is 8.53. The van der Waals surface area contributed by atoms with Crippen LogP contribution < -0.4 is 0 Å². The first-order valence-electron chi connectivity index (χ1n) is 4.56. The first kappa shape index (κ1) is 8.94. The summed E-state index contributed by atoms with van der Waals surface area (Å²) in [5.41, 5.74) is 2.61. The molecular weight excluding hydrogens is 176 g/mol. The van der Waals surface area contributed by atoms with Crippen LogP contribution in [0.4, 0.5) is 0 Å². The van der Waals surface area contributed by atoms with Gasteiger partial charge in [0.2, 0.25) is 0 Å². The second-order valence-corrected chi connectivity index (χ2v) is 3.53. The SMILES string of the molecule is CC(=O)c1nc(C)n2cc(C)ccc12. The molecule has 0 amide bonds. The summed E-state index contributed by atoms with van der Waals surface area (Å²) in [6, 6.07) is 3.93. The molecule has 2 aromatic rings. The fourth-order valence-electron chi connectivity index (χ4n) is 1.60. The lowest BCUT2D eigenvalue weighted by molar-refractivity contribution is 0.101. The van der Waals surface area contributed by atoms with E-state index < -0.39 is 0 Å². The number of rotatable bonds is 1. The van der Waals surface area contributed by atoms with Crippen LogP contribution in [0.25, 0.3) is 5.52 Å². The van der Waals surface area contributed by atoms with Crippen LogP contribution >= 0.6 is 0 Å². The average molecular weight is 188 g/mol. The molecule has 0 unspecified atom stereocenters. The van der Waals surface area contributed by atoms with Crippen molar-refractivity contribution in [1.29, 1.82) is 0 Å². The number of nitrogens with zero attached hydrogens (tertiary/aromatic N) is 2. The molecule has 0 aliphatic heterocycles. The maximum absolute atomic E-state index is 11.3. The van der Waals surface area contributed by atoms with Crippen molar-refractivity contribution in [3.05, 3.63) is 35.4 Å². The van der Waals surface area contributed by atoms with Crippen LogP contribution in [0.3, 0.4) is 0 Å². The Labute approximate surface area is 82.4 Å². The Morgan fingerprint density at radius 2 is 2.07 bits per heavy atom. The number of ketones is 1. The molecule has 2 aromatic heterocycles. The number of fused-ring (bicyclic) bond motifs is 1. The van der Waals surface area contributed by atoms with E-state index in [9.17, 15) is 4.79 Å². The number of hydrogen-bond acceptors (Lipinski definition) is 2. The first-order chi connectivity index (χ1) is 6.59. The fraction of sp³-hybridized carbons (Fsp3) is 0.273. The fourth-order valence-corrected chi connectivity index (χ4v) is 1.60. The molecule has 0 N–H and O–H groups in total. The Hall–Kier alpha value is -1.64. The van der Waals surface area contributed by atoms with Crippen LogP contribution in [-0.4, -0.2) is 15.2 Å². The van der Waals surface area contributed by atoms with Crippen molar-refractivity contribution in [2.75, 3.05) is 0 Å². The highest BCUT2D eigenvalue weighted by molar-refractivity contribution is 5.99. The van der Waals surface area contributed by atoms with Crippen molar-refractivity contribution in [3.8, 4) is 0 Å². The van der Waals surface area contributed by atoms with Gasteiger partial charge >= 0.3 is 0 Å². The van der Waals surface area contributed by atoms with Gasteiger partial charge in [0, 0.05) is 13.1 Å². The number of carbonyl (C=O) groups excluding carboxylic acids is 1. The Kier molecular flexibility index (Phi) is 1.88. The van der Waals surface area contributed by atoms with E-state index in [1.165, 1.54) is 0 Å². The van der Waals surface area contributed by atoms with Crippen LogP contribution in [0.2, 0.25) is 0 Å². The number of aromatic nitrogens is 2. The summed E-state index contributed by atoms with van der Waals surface area (Å²) < 4.78 is 1.95. The van der Waals surface area contributed by atoms with Gasteiger partial charge in [0.05, 0.1) is 5.52 Å². The van der Waals surface area contributed by atoms with Crippen molar-refractivity contribution in [2.45, 2.75) is 20.8 Å². The molecule has 0 spiro atoms. The molecule has 0 bridgehead atoms. The summed E-state index contributed by atoms with van der Waals surface area (Å²) in [5.74, 6) is 0.869. The molecule has 2 heterocycles. The van der Waals surface area contributed by atoms with Crippen LogP contribution in [0.1, 0.15) is 28.8 Å². The summed E-state index contributed by atoms with van der Waals surface area (Å²) in [6.45, 7) is 5.47. The van der Waals surface area contributed by atoms with Crippen molar-refractivity contribution in [1.82, 2.24) is 9.38 Å². The highest BCUT2D eigenvalue weighted by Crippen LogP contribution is 2.14. The van der Waals surface area contributed by atoms with Crippen LogP contribution in [0, 0.1) is 13.8 Å². The van der Waals surface area contributed by atoms with E-state index in [1.54, 1.807) is 6.92 Å². The standard InChI is InChI=1S/C11H12N2O/c1-7-4-5-10-11(8(2)14)12-9(3)13(10)6-7/h4-6H,1-3H3. The number of imidazole rings is 1. The van der Waals surface area contributed by atoms with Gasteiger partial charge in [-0.2, -0.15) is 0 Å². The molecule has 0 radical (unpaired) electrons. The van der Waals surface area contributed by atoms with Gasteiger partial charge in [0.1, 0.15) is 11.5 Å². The van der Waals surface area contributed by atoms with Gasteiger partial charge in [-0.3, -0.25) is 4.79 Å². The topological polar surface area (TPSA) is 34.4 Å². The minimum Gasteiger partial charge on any atom is -0.303 e. The maximum atomic E-state index is 11.3. The lowest BCUT2D eigenvalue weighted by Gasteiger charge is -1.97. The number of hydrogen-bond donors (Lipinski definition) is 0. The predicted octanol–water partition coefficient (Wildman–Crippen LogP) is 2.15. The van der Waals surface area contributed by atoms with E-state index in [2.05, 4.69) is 4.98 Å². The Bertz CT molecular complexity index is 511. The van der Waals surface area contributed by atoms with E-state index in [1.807, 2.05) is 36.6 Å². The average Bonchev–Trinajstić information content (AvgIpc) is 2.44. The number of Topliss-reactive ketones (excluding diaryl/α,β-unsaturated/α-hetero) is 1. The molecule has 3 heteroatoms. The van der Waals surface area contributed by atoms with Gasteiger partial charge in [-0.15, -0.1) is 0 Å². The lowest BCUT2D eigenvalue weighted by Crippen LogP contribution is -1.93. The third-order valence-corrected chi connectivity index (χ3v) is 2.29. The maximum Gasteiger partial charge on any atom is 0.180 e. The van der Waals surface area contributed by atoms with E-state index in [4.69, 9.17) is 0 Å². The minimum atomic E-state index is 0.0134. The summed E-state index contributed by atoms with van der Waals surface area (Å²) in [7, 11) is 0. The van der Waals surface area contributed by atoms with Gasteiger partial charge in [-0.05, 0) is 25.5 Å². The third-order valence-electron chi connectivity index (χ3n) is 2.29. The quantitative estimate of drug-likeness (QED) is 0.642. The minimum absolute atomic E-state index is 0.0134. The van der Waals surface area contributed by atoms with Crippen molar-refractivity contribution >= 4 is 11.3 Å². The van der Waals surface area contributed by atoms with Crippen molar-refractivity contribution in [3.63, 3.8) is 0 Å². The Morgan fingerprint density at radius 1 is 1.36 bits per heavy atom. The van der Waals surface area contributed by atoms with Gasteiger partial charge in [0.15, 0.2) is 5.78 Å². The summed E-state index contributed by atoms with van der Waals surface area (Å²) in [4.78, 5) is 15.5. The summed E-state index contributed by atoms with van der Waals surface area (Å²) in [5, 5.41) is 0. The molecular formula is C11H12N2O. The smallest absolute Gasteiger partial charge is 0.180 e. The highest BCUT2D eigenvalue weighted by Gasteiger charge is 2.11. The first-order valence-corrected chi connectivity index (χ1v) is 4.56. The largest absolute Gasteiger partial charge is 0.303 e. The lowest BCUT2D eigenvalue weighted by atomic mass is 10.2. The Morgan fingerprint density at radius 3 is 2.71 bits per heavy atom. The molecule has 3 nitrogen and oxygen atoms in total. The van der Waals surface area contributed by atoms with E-state index in [0.29, 0.717) is 5.69 Å². The van der Waals surface area contributed by atoms with Crippen molar-refractivity contribution < 1.29 is 4.79 Å². The molecule has 72 valence electrons. The van der Waals surface area contributed by atoms with Crippen LogP contribution in [-0.2, 0) is 0 Å². The monoisotopic (exact) mass is 188 g/mol. The van der Waals surface area contributed by atoms with Gasteiger partial charge in [-0.25, -0.2) is 4.98 Å². The molecule has 2 rings (SSSR count). The zero-order chi connectivity index (χ0) is 10.3. The molecule has 0 saturated carbocycles. The van der Waals surface area contributed by atoms with Crippen LogP contribution in [0.15, 0.2) is 18.3 Å². The molecule has 0 saturated heterocycles. The van der Waals surface area contributed by atoms with Crippen molar-refractivity contribution in [2.24, 2.45) is 0 Å². The molecule has 0 fully saturated rings. The molecule has 0 aliphatic rings. The van der Waals surface area contributed by atoms with E-state index in [-0.39, 0.29) is 5.78 Å². The van der Waals surface area contributed by atoms with Gasteiger partial charge in [0.25, 0.3) is 0 Å². The predicted molar refractivity (Wildman–Crippen MR) is 54.7 cm³/mol. The van der Waals surface area contributed by atoms with E-state index >= 15 is 0 Å². The van der Waals surface area contributed by atoms with Gasteiger partial charge in [-0.1, -0.05) is 6.07 Å². The normalized spacial score (nSPS) is 10.8. The van der Waals surface area contributed by atoms with E-state index in [0.717, 1.165) is 16.9 Å². The summed E-state index contributed by atoms with van der Waals surface area (Å²) >= 11 is 0. The highest BCUT2D eigenvalue weighted by atomic mass is 16.1. The second-order valence-electron chi connectivity index (χ2n) is 3.53. The Balaban J connectivity index is 2.84. The second kappa shape index (κ2) is 2.94. The summed E-state index contributed by atoms with van der Waals surface area (Å²) in [6.07, 6.45) is 1.99.